The monoisotopic (exact) mass is 1490 g/mol. The van der Waals surface area contributed by atoms with Gasteiger partial charge in [-0.25, -0.2) is 9.13 Å². The highest BCUT2D eigenvalue weighted by Gasteiger charge is 2.61. The fourth-order valence-electron chi connectivity index (χ4n) is 13.4. The minimum absolute atomic E-state index is 0. The summed E-state index contributed by atoms with van der Waals surface area (Å²) in [7, 11) is 0. The summed E-state index contributed by atoms with van der Waals surface area (Å²) in [6.07, 6.45) is -73.5. The summed E-state index contributed by atoms with van der Waals surface area (Å²) < 4.78 is 97.8. The van der Waals surface area contributed by atoms with E-state index in [-0.39, 0.29) is 37.9 Å². The van der Waals surface area contributed by atoms with Crippen molar-refractivity contribution in [1.29, 1.82) is 0 Å². The fraction of sp³-hybridized carbons (Fsp3) is 0.828. The maximum absolute atomic E-state index is 11.9. The summed E-state index contributed by atoms with van der Waals surface area (Å²) in [4.78, 5) is 0. The Hall–Kier alpha value is -2.64. The lowest BCUT2D eigenvalue weighted by Gasteiger charge is -2.50. The lowest BCUT2D eigenvalue weighted by molar-refractivity contribution is -0.707. The van der Waals surface area contributed by atoms with Gasteiger partial charge in [-0.3, -0.25) is 0 Å². The first kappa shape index (κ1) is 81.4. The molecular formula is C58H88Cl2N2O38. The SMILES string of the molecule is OC[C@H]1O[C@@H]2O[C@H]3[C@H](O)[C@@H](O)[C@@H](O[C@H]4[C@H](O)[C@@H](O)[C@@H](O[C@H]5[C@H](O)[C@@H](O)[C@@H](O[C@H]6[C@@H](O)[C@H](O)[C@@H](O[C@H]7[C@H](O)[C@H](O)[C@@H](O[C@H]8[C@@H](O)[C@H](O)[C@@H](O[C@H]9[C@@H](O)[C@H](O)[C@@H](O[C@H]1[C@H](O)[C@H]2O)O[C@@H]9CO)O[C@@H]8CO)O[C@@H]7C[n+]1ccccc1)O[C@@H]6CO)O[C@@H]5C[n+]1ccccc1)O[C@@H]4CO)O[C@@H]3CO.[Cl-].[Cl-]. The molecule has 42 heteroatoms. The maximum atomic E-state index is 11.9. The van der Waals surface area contributed by atoms with Crippen LogP contribution in [0.4, 0.5) is 0 Å². The summed E-state index contributed by atoms with van der Waals surface area (Å²) >= 11 is 0. The number of pyridine rings is 2. The number of rotatable bonds is 10. The van der Waals surface area contributed by atoms with Crippen molar-refractivity contribution in [2.45, 2.75) is 259 Å². The highest BCUT2D eigenvalue weighted by molar-refractivity contribution is 5.03. The largest absolute Gasteiger partial charge is 1.00 e. The summed E-state index contributed by atoms with van der Waals surface area (Å²) in [5.41, 5.74) is 0. The van der Waals surface area contributed by atoms with E-state index in [1.54, 1.807) is 61.2 Å². The molecule has 0 aromatic carbocycles. The van der Waals surface area contributed by atoms with Gasteiger partial charge in [-0.2, -0.15) is 0 Å². The van der Waals surface area contributed by atoms with E-state index in [1.807, 2.05) is 0 Å². The Kier molecular flexibility index (Phi) is 28.8. The van der Waals surface area contributed by atoms with E-state index >= 15 is 0 Å². The molecule has 0 amide bonds. The van der Waals surface area contributed by atoms with Crippen molar-refractivity contribution in [3.63, 3.8) is 0 Å². The average molecular weight is 1490 g/mol. The Balaban J connectivity index is 0.00000583. The Morgan fingerprint density at radius 2 is 0.330 bits per heavy atom. The highest BCUT2D eigenvalue weighted by atomic mass is 35.5. The number of aliphatic hydroxyl groups excluding tert-OH is 22. The zero-order chi connectivity index (χ0) is 70.3. The molecule has 32 rings (SSSR count). The van der Waals surface area contributed by atoms with E-state index in [0.717, 1.165) is 0 Å². The van der Waals surface area contributed by atoms with Gasteiger partial charge < -0.3 is 213 Å². The van der Waals surface area contributed by atoms with Gasteiger partial charge in [0.15, 0.2) is 88.2 Å². The van der Waals surface area contributed by atoms with Crippen molar-refractivity contribution in [2.24, 2.45) is 0 Å². The first-order valence-electron chi connectivity index (χ1n) is 31.8. The summed E-state index contributed by atoms with van der Waals surface area (Å²) in [5.74, 6) is 0. The molecule has 0 saturated carbocycles. The van der Waals surface area contributed by atoms with Crippen LogP contribution in [-0.2, 0) is 88.9 Å². The molecule has 32 heterocycles. The molecule has 0 radical (unpaired) electrons. The van der Waals surface area contributed by atoms with Crippen LogP contribution in [0.5, 0.6) is 0 Å². The van der Waals surface area contributed by atoms with Crippen LogP contribution < -0.4 is 33.9 Å². The molecule has 2 aromatic heterocycles. The topological polar surface area (TPSA) is 601 Å². The van der Waals surface area contributed by atoms with Gasteiger partial charge in [0.25, 0.3) is 0 Å². The van der Waals surface area contributed by atoms with Crippen LogP contribution >= 0.6 is 0 Å². The number of aliphatic hydroxyl groups is 22. The van der Waals surface area contributed by atoms with E-state index < -0.39 is 285 Å². The van der Waals surface area contributed by atoms with E-state index in [2.05, 4.69) is 0 Å². The Morgan fingerprint density at radius 1 is 0.190 bits per heavy atom. The predicted molar refractivity (Wildman–Crippen MR) is 300 cm³/mol. The van der Waals surface area contributed by atoms with E-state index in [1.165, 1.54) is 9.13 Å². The molecule has 30 saturated heterocycles. The molecule has 30 aliphatic rings. The number of nitrogens with zero attached hydrogens (tertiary/aromatic N) is 2. The standard InChI is InChI=1S/C58H88N2O38.2ClH/c61-13-21-45-29(69)37(77)53(85-21)91-43-19(11-59-7-3-1-4-8-59)84-52(36(76)28(43)68)94-46-22(14-62)87-55(39(79)31(46)71)96-48-24(16-64)89-57(41(81)33(48)73)98-50-26(18-66)90-58(42(82)34(50)74)97-49-25(17-65)88-56(40(80)32(49)72)95-47-23(15-63)86-54(38(78)30(47)70)92-44-20(12-60-9-5-2-6-10-60)83-51(93-45)35(75)27(44)67;;/h1-10,19-58,61-82H,11-18H2;2*1H/q+2;;/p-2/t19-,20-,21-,22-,23-,24-,25-,26-,27-,28-,29+,30-,31+,32-,33+,34-,35-,36+,37+,38-,39+,40-,41+,42-,43-,44-,45-,46-,47-,48-,49-,50-,51-,52-,53-,54-,55-,56-,57-,58-;;/m1../s1. The smallest absolute Gasteiger partial charge is 0.187 e. The van der Waals surface area contributed by atoms with Gasteiger partial charge in [0.1, 0.15) is 195 Å². The number of hydrogen-bond donors (Lipinski definition) is 22. The predicted octanol–water partition coefficient (Wildman–Crippen LogP) is -21.4. The Bertz CT molecular complexity index is 2730. The molecule has 0 aliphatic carbocycles. The molecule has 572 valence electrons. The zero-order valence-corrected chi connectivity index (χ0v) is 54.1. The van der Waals surface area contributed by atoms with Crippen LogP contribution in [0.25, 0.3) is 0 Å². The molecule has 40 nitrogen and oxygen atoms in total. The molecule has 0 unspecified atom stereocenters. The van der Waals surface area contributed by atoms with Gasteiger partial charge in [0.05, 0.1) is 39.6 Å². The first-order valence-corrected chi connectivity index (χ1v) is 31.8. The van der Waals surface area contributed by atoms with Crippen LogP contribution in [-0.4, -0.2) is 398 Å². The number of ether oxygens (including phenoxy) is 16. The summed E-state index contributed by atoms with van der Waals surface area (Å²) in [6.45, 7) is -6.85. The molecule has 2 aromatic rings. The molecule has 100 heavy (non-hydrogen) atoms. The van der Waals surface area contributed by atoms with Crippen molar-refractivity contribution < 1.29 is 222 Å². The van der Waals surface area contributed by atoms with Gasteiger partial charge in [-0.1, -0.05) is 12.1 Å². The van der Waals surface area contributed by atoms with Crippen LogP contribution in [0.2, 0.25) is 0 Å². The minimum atomic E-state index is -2.24. The van der Waals surface area contributed by atoms with Crippen molar-refractivity contribution in [2.75, 3.05) is 39.6 Å². The van der Waals surface area contributed by atoms with Crippen LogP contribution in [0.1, 0.15) is 0 Å². The lowest BCUT2D eigenvalue weighted by atomic mass is 9.94. The van der Waals surface area contributed by atoms with E-state index in [0.29, 0.717) is 0 Å². The van der Waals surface area contributed by atoms with Gasteiger partial charge in [0.2, 0.25) is 0 Å². The quantitative estimate of drug-likeness (QED) is 0.0982. The van der Waals surface area contributed by atoms with Gasteiger partial charge in [0, 0.05) is 24.3 Å². The van der Waals surface area contributed by atoms with Crippen molar-refractivity contribution in [3.05, 3.63) is 61.2 Å². The van der Waals surface area contributed by atoms with Crippen LogP contribution in [0.15, 0.2) is 61.2 Å². The minimum Gasteiger partial charge on any atom is -1.00 e. The molecule has 40 atom stereocenters. The van der Waals surface area contributed by atoms with Gasteiger partial charge in [-0.15, -0.1) is 0 Å². The third kappa shape index (κ3) is 16.7. The normalized spacial score (nSPS) is 49.8. The molecule has 22 N–H and O–H groups in total. The van der Waals surface area contributed by atoms with Gasteiger partial charge >= 0.3 is 0 Å². The van der Waals surface area contributed by atoms with E-state index in [9.17, 15) is 112 Å². The summed E-state index contributed by atoms with van der Waals surface area (Å²) in [6, 6.07) is 9.80. The van der Waals surface area contributed by atoms with Crippen molar-refractivity contribution in [3.8, 4) is 0 Å². The number of hydrogen-bond acceptors (Lipinski definition) is 38. The van der Waals surface area contributed by atoms with Crippen LogP contribution in [0.3, 0.4) is 0 Å². The fourth-order valence-corrected chi connectivity index (χ4v) is 13.4. The molecule has 30 fully saturated rings. The van der Waals surface area contributed by atoms with Crippen molar-refractivity contribution >= 4 is 0 Å². The third-order valence-electron chi connectivity index (χ3n) is 18.9. The first-order chi connectivity index (χ1) is 46.9. The Morgan fingerprint density at radius 3 is 0.480 bits per heavy atom. The molecule has 0 spiro atoms. The third-order valence-corrected chi connectivity index (χ3v) is 18.9. The maximum Gasteiger partial charge on any atom is 0.187 e. The summed E-state index contributed by atoms with van der Waals surface area (Å²) in [5, 5.41) is 250. The van der Waals surface area contributed by atoms with Crippen LogP contribution in [0, 0.1) is 0 Å². The average Bonchev–Trinajstić information content (AvgIpc) is 0.779. The van der Waals surface area contributed by atoms with Gasteiger partial charge in [-0.05, 0) is 0 Å². The highest BCUT2D eigenvalue weighted by Crippen LogP contribution is 2.40. The number of halogens is 2. The lowest BCUT2D eigenvalue weighted by Crippen LogP contribution is -3.00. The Labute approximate surface area is 579 Å². The molecule has 16 bridgehead atoms. The second-order valence-corrected chi connectivity index (χ2v) is 25.2. The van der Waals surface area contributed by atoms with E-state index in [4.69, 9.17) is 75.8 Å². The zero-order valence-electron chi connectivity index (χ0n) is 52.5. The molecular weight excluding hydrogens is 1400 g/mol. The second-order valence-electron chi connectivity index (χ2n) is 25.2. The van der Waals surface area contributed by atoms with Crippen molar-refractivity contribution in [1.82, 2.24) is 0 Å². The second kappa shape index (κ2) is 35.4. The number of aromatic nitrogens is 2. The molecule has 30 aliphatic heterocycles.